The number of rotatable bonds is 1. The summed E-state index contributed by atoms with van der Waals surface area (Å²) in [7, 11) is 0. The Hall–Kier alpha value is -1.48. The predicted molar refractivity (Wildman–Crippen MR) is 72.4 cm³/mol. The maximum atomic E-state index is 12.0. The van der Waals surface area contributed by atoms with Crippen molar-refractivity contribution in [3.63, 3.8) is 0 Å². The van der Waals surface area contributed by atoms with E-state index in [0.717, 1.165) is 0 Å². The zero-order valence-corrected chi connectivity index (χ0v) is 11.4. The molecule has 7 heteroatoms. The molecule has 1 fully saturated rings. The number of nitriles is 1. The lowest BCUT2D eigenvalue weighted by Crippen LogP contribution is -2.46. The SMILES string of the molecule is N#CC1CN(C(=O)Nc2cc(Cl)ccc2Cl)CCO1. The standard InChI is InChI=1S/C12H11Cl2N3O2/c13-8-1-2-10(14)11(5-8)16-12(18)17-3-4-19-9(6-15)7-17/h1-2,5,9H,3-4,7H2,(H,16,18). The van der Waals surface area contributed by atoms with Crippen LogP contribution in [-0.4, -0.2) is 36.7 Å². The second-order valence-electron chi connectivity index (χ2n) is 3.99. The van der Waals surface area contributed by atoms with Gasteiger partial charge in [-0.25, -0.2) is 4.79 Å². The van der Waals surface area contributed by atoms with Crippen molar-refractivity contribution in [1.82, 2.24) is 4.90 Å². The summed E-state index contributed by atoms with van der Waals surface area (Å²) in [6, 6.07) is 6.48. The highest BCUT2D eigenvalue weighted by Gasteiger charge is 2.24. The van der Waals surface area contributed by atoms with E-state index in [2.05, 4.69) is 5.32 Å². The number of hydrogen-bond acceptors (Lipinski definition) is 3. The van der Waals surface area contributed by atoms with Gasteiger partial charge in [0.2, 0.25) is 0 Å². The molecule has 0 radical (unpaired) electrons. The maximum absolute atomic E-state index is 12.0. The Bertz CT molecular complexity index is 530. The minimum absolute atomic E-state index is 0.237. The van der Waals surface area contributed by atoms with Crippen molar-refractivity contribution in [1.29, 1.82) is 5.26 Å². The highest BCUT2D eigenvalue weighted by atomic mass is 35.5. The molecule has 1 saturated heterocycles. The van der Waals surface area contributed by atoms with Gasteiger partial charge in [0.15, 0.2) is 6.10 Å². The van der Waals surface area contributed by atoms with Crippen LogP contribution in [0.15, 0.2) is 18.2 Å². The molecular formula is C12H11Cl2N3O2. The number of morpholine rings is 1. The van der Waals surface area contributed by atoms with Gasteiger partial charge < -0.3 is 15.0 Å². The fourth-order valence-electron chi connectivity index (χ4n) is 1.70. The van der Waals surface area contributed by atoms with E-state index in [4.69, 9.17) is 33.2 Å². The minimum Gasteiger partial charge on any atom is -0.360 e. The van der Waals surface area contributed by atoms with Crippen LogP contribution < -0.4 is 5.32 Å². The molecule has 0 bridgehead atoms. The van der Waals surface area contributed by atoms with Crippen LogP contribution in [0.2, 0.25) is 10.0 Å². The molecule has 1 aliphatic heterocycles. The third-order valence-corrected chi connectivity index (χ3v) is 3.23. The number of carbonyl (C=O) groups excluding carboxylic acids is 1. The molecule has 2 rings (SSSR count). The van der Waals surface area contributed by atoms with Crippen LogP contribution in [0, 0.1) is 11.3 Å². The monoisotopic (exact) mass is 299 g/mol. The summed E-state index contributed by atoms with van der Waals surface area (Å²) in [4.78, 5) is 13.5. The summed E-state index contributed by atoms with van der Waals surface area (Å²) < 4.78 is 5.17. The number of hydrogen-bond donors (Lipinski definition) is 1. The number of amides is 2. The fraction of sp³-hybridized carbons (Fsp3) is 0.333. The summed E-state index contributed by atoms with van der Waals surface area (Å²) in [5, 5.41) is 12.3. The third kappa shape index (κ3) is 3.51. The quantitative estimate of drug-likeness (QED) is 0.867. The molecule has 1 N–H and O–H groups in total. The van der Waals surface area contributed by atoms with E-state index < -0.39 is 6.10 Å². The van der Waals surface area contributed by atoms with E-state index in [9.17, 15) is 4.79 Å². The number of ether oxygens (including phenoxy) is 1. The van der Waals surface area contributed by atoms with Gasteiger partial charge in [-0.3, -0.25) is 0 Å². The van der Waals surface area contributed by atoms with E-state index >= 15 is 0 Å². The fourth-order valence-corrected chi connectivity index (χ4v) is 2.04. The molecule has 0 aliphatic carbocycles. The van der Waals surface area contributed by atoms with E-state index in [0.29, 0.717) is 28.9 Å². The molecule has 1 aromatic rings. The Morgan fingerprint density at radius 2 is 2.32 bits per heavy atom. The van der Waals surface area contributed by atoms with Crippen LogP contribution in [-0.2, 0) is 4.74 Å². The summed E-state index contributed by atoms with van der Waals surface area (Å²) in [6.07, 6.45) is -0.589. The molecule has 100 valence electrons. The van der Waals surface area contributed by atoms with Crippen LogP contribution >= 0.6 is 23.2 Å². The van der Waals surface area contributed by atoms with Gasteiger partial charge in [-0.15, -0.1) is 0 Å². The van der Waals surface area contributed by atoms with Gasteiger partial charge in [-0.2, -0.15) is 5.26 Å². The summed E-state index contributed by atoms with van der Waals surface area (Å²) in [5.74, 6) is 0. The van der Waals surface area contributed by atoms with Crippen LogP contribution in [0.3, 0.4) is 0 Å². The van der Waals surface area contributed by atoms with Gasteiger partial charge in [0.25, 0.3) is 0 Å². The Labute approximate surface area is 120 Å². The summed E-state index contributed by atoms with van der Waals surface area (Å²) in [6.45, 7) is 1.01. The normalized spacial score (nSPS) is 18.8. The number of urea groups is 1. The zero-order valence-electron chi connectivity index (χ0n) is 9.90. The first-order valence-corrected chi connectivity index (χ1v) is 6.38. The molecule has 1 unspecified atom stereocenters. The predicted octanol–water partition coefficient (Wildman–Crippen LogP) is 2.75. The topological polar surface area (TPSA) is 65.4 Å². The lowest BCUT2D eigenvalue weighted by molar-refractivity contribution is 0.0181. The summed E-state index contributed by atoms with van der Waals surface area (Å²) in [5.41, 5.74) is 0.444. The smallest absolute Gasteiger partial charge is 0.322 e. The molecule has 0 aromatic heterocycles. The van der Waals surface area contributed by atoms with E-state index in [-0.39, 0.29) is 12.6 Å². The Balaban J connectivity index is 2.04. The van der Waals surface area contributed by atoms with Crippen molar-refractivity contribution in [2.24, 2.45) is 0 Å². The second-order valence-corrected chi connectivity index (χ2v) is 4.83. The molecule has 2 amide bonds. The van der Waals surface area contributed by atoms with Gasteiger partial charge in [0, 0.05) is 11.6 Å². The maximum Gasteiger partial charge on any atom is 0.322 e. The number of carbonyl (C=O) groups is 1. The average Bonchev–Trinajstić information content (AvgIpc) is 2.43. The first-order valence-electron chi connectivity index (χ1n) is 5.62. The van der Waals surface area contributed by atoms with E-state index in [1.807, 2.05) is 6.07 Å². The number of anilines is 1. The first-order chi connectivity index (χ1) is 9.10. The lowest BCUT2D eigenvalue weighted by Gasteiger charge is -2.29. The van der Waals surface area contributed by atoms with Crippen LogP contribution in [0.5, 0.6) is 0 Å². The number of halogens is 2. The summed E-state index contributed by atoms with van der Waals surface area (Å²) >= 11 is 11.8. The minimum atomic E-state index is -0.589. The van der Waals surface area contributed by atoms with Gasteiger partial charge >= 0.3 is 6.03 Å². The van der Waals surface area contributed by atoms with Crippen molar-refractivity contribution in [2.45, 2.75) is 6.10 Å². The van der Waals surface area contributed by atoms with Crippen molar-refractivity contribution in [2.75, 3.05) is 25.0 Å². The molecule has 19 heavy (non-hydrogen) atoms. The lowest BCUT2D eigenvalue weighted by atomic mass is 10.3. The Kier molecular flexibility index (Phi) is 4.48. The molecule has 1 atom stereocenters. The van der Waals surface area contributed by atoms with Crippen molar-refractivity contribution in [3.05, 3.63) is 28.2 Å². The zero-order chi connectivity index (χ0) is 13.8. The third-order valence-electron chi connectivity index (χ3n) is 2.67. The van der Waals surface area contributed by atoms with Gasteiger partial charge in [0.1, 0.15) is 0 Å². The van der Waals surface area contributed by atoms with Gasteiger partial charge in [-0.05, 0) is 18.2 Å². The molecule has 1 aromatic carbocycles. The number of benzene rings is 1. The van der Waals surface area contributed by atoms with Gasteiger partial charge in [-0.1, -0.05) is 23.2 Å². The molecule has 0 saturated carbocycles. The molecule has 5 nitrogen and oxygen atoms in total. The molecule has 1 heterocycles. The highest BCUT2D eigenvalue weighted by molar-refractivity contribution is 6.35. The first kappa shape index (κ1) is 13.9. The van der Waals surface area contributed by atoms with Crippen molar-refractivity contribution >= 4 is 34.9 Å². The van der Waals surface area contributed by atoms with Crippen LogP contribution in [0.4, 0.5) is 10.5 Å². The highest BCUT2D eigenvalue weighted by Crippen LogP contribution is 2.25. The second kappa shape index (κ2) is 6.11. The number of nitrogens with zero attached hydrogens (tertiary/aromatic N) is 2. The van der Waals surface area contributed by atoms with Crippen LogP contribution in [0.25, 0.3) is 0 Å². The van der Waals surface area contributed by atoms with Gasteiger partial charge in [0.05, 0.1) is 29.9 Å². The Morgan fingerprint density at radius 3 is 3.05 bits per heavy atom. The number of nitrogens with one attached hydrogen (secondary N) is 1. The molecular weight excluding hydrogens is 289 g/mol. The van der Waals surface area contributed by atoms with Crippen molar-refractivity contribution < 1.29 is 9.53 Å². The molecule has 1 aliphatic rings. The van der Waals surface area contributed by atoms with Crippen molar-refractivity contribution in [3.8, 4) is 6.07 Å². The molecule has 0 spiro atoms. The van der Waals surface area contributed by atoms with E-state index in [1.165, 1.54) is 4.90 Å². The average molecular weight is 300 g/mol. The van der Waals surface area contributed by atoms with E-state index in [1.54, 1.807) is 18.2 Å². The largest absolute Gasteiger partial charge is 0.360 e. The van der Waals surface area contributed by atoms with Crippen LogP contribution in [0.1, 0.15) is 0 Å². The Morgan fingerprint density at radius 1 is 1.53 bits per heavy atom.